The molecular weight excluding hydrogens is 350 g/mol. The number of para-hydroxylation sites is 1. The molecule has 2 rings (SSSR count). The number of methoxy groups -OCH3 is 1. The lowest BCUT2D eigenvalue weighted by Crippen LogP contribution is -2.14. The van der Waals surface area contributed by atoms with Crippen LogP contribution in [0.1, 0.15) is 12.5 Å². The molecule has 0 saturated carbocycles. The minimum Gasteiger partial charge on any atom is -0.496 e. The fraction of sp³-hybridized carbons (Fsp3) is 0.333. The van der Waals surface area contributed by atoms with Crippen molar-refractivity contribution in [3.63, 3.8) is 0 Å². The normalized spacial score (nSPS) is 10.2. The van der Waals surface area contributed by atoms with Gasteiger partial charge in [0.05, 0.1) is 25.9 Å². The number of carbonyl (C=O) groups is 2. The zero-order valence-corrected chi connectivity index (χ0v) is 14.9. The standard InChI is InChI=1S/C15H17N3O4S2/c1-3-22-13(20)9-23-15-18-17-14(24-15)16-12(19)8-10-6-4-5-7-11(10)21-2/h4-7H,3,8-9H2,1-2H3,(H,16,17,19). The maximum absolute atomic E-state index is 12.1. The first-order valence-electron chi connectivity index (χ1n) is 7.16. The van der Waals surface area contributed by atoms with Crippen molar-refractivity contribution in [2.24, 2.45) is 0 Å². The molecule has 0 radical (unpaired) electrons. The van der Waals surface area contributed by atoms with Crippen molar-refractivity contribution < 1.29 is 19.1 Å². The second kappa shape index (κ2) is 9.24. The molecule has 0 aliphatic carbocycles. The molecule has 1 N–H and O–H groups in total. The average molecular weight is 367 g/mol. The molecule has 128 valence electrons. The van der Waals surface area contributed by atoms with Gasteiger partial charge in [0.25, 0.3) is 0 Å². The van der Waals surface area contributed by atoms with E-state index in [1.165, 1.54) is 23.1 Å². The van der Waals surface area contributed by atoms with Crippen LogP contribution < -0.4 is 10.1 Å². The fourth-order valence-corrected chi connectivity index (χ4v) is 3.39. The number of amides is 1. The predicted octanol–water partition coefficient (Wildman–Crippen LogP) is 2.38. The van der Waals surface area contributed by atoms with Crippen molar-refractivity contribution in [1.29, 1.82) is 0 Å². The molecule has 1 heterocycles. The second-order valence-electron chi connectivity index (χ2n) is 4.50. The molecule has 1 aromatic heterocycles. The highest BCUT2D eigenvalue weighted by molar-refractivity contribution is 8.01. The highest BCUT2D eigenvalue weighted by atomic mass is 32.2. The van der Waals surface area contributed by atoms with Gasteiger partial charge < -0.3 is 14.8 Å². The lowest BCUT2D eigenvalue weighted by atomic mass is 10.1. The van der Waals surface area contributed by atoms with Gasteiger partial charge in [-0.25, -0.2) is 0 Å². The monoisotopic (exact) mass is 367 g/mol. The minimum absolute atomic E-state index is 0.164. The van der Waals surface area contributed by atoms with Crippen molar-refractivity contribution in [3.8, 4) is 5.75 Å². The quantitative estimate of drug-likeness (QED) is 0.435. The molecule has 9 heteroatoms. The van der Waals surface area contributed by atoms with E-state index in [2.05, 4.69) is 15.5 Å². The lowest BCUT2D eigenvalue weighted by molar-refractivity contribution is -0.139. The number of benzene rings is 1. The van der Waals surface area contributed by atoms with E-state index in [4.69, 9.17) is 9.47 Å². The summed E-state index contributed by atoms with van der Waals surface area (Å²) in [6.07, 6.45) is 0.175. The number of hydrogen-bond donors (Lipinski definition) is 1. The fourth-order valence-electron chi connectivity index (χ4n) is 1.83. The van der Waals surface area contributed by atoms with E-state index in [1.807, 2.05) is 18.2 Å². The molecule has 0 saturated heterocycles. The molecule has 0 atom stereocenters. The molecular formula is C15H17N3O4S2. The zero-order chi connectivity index (χ0) is 17.4. The Morgan fingerprint density at radius 3 is 2.83 bits per heavy atom. The summed E-state index contributed by atoms with van der Waals surface area (Å²) in [6.45, 7) is 2.10. The van der Waals surface area contributed by atoms with Crippen LogP contribution in [-0.4, -0.2) is 41.5 Å². The third-order valence-corrected chi connectivity index (χ3v) is 4.76. The van der Waals surface area contributed by atoms with E-state index in [0.717, 1.165) is 5.56 Å². The Labute approximate surface area is 147 Å². The number of carbonyl (C=O) groups excluding carboxylic acids is 2. The van der Waals surface area contributed by atoms with Crippen LogP contribution in [0.5, 0.6) is 5.75 Å². The van der Waals surface area contributed by atoms with Crippen LogP contribution in [0.25, 0.3) is 0 Å². The molecule has 24 heavy (non-hydrogen) atoms. The number of thioether (sulfide) groups is 1. The van der Waals surface area contributed by atoms with Gasteiger partial charge in [-0.15, -0.1) is 10.2 Å². The van der Waals surface area contributed by atoms with Crippen LogP contribution in [0.4, 0.5) is 5.13 Å². The summed E-state index contributed by atoms with van der Waals surface area (Å²) in [4.78, 5) is 23.4. The van der Waals surface area contributed by atoms with E-state index in [-0.39, 0.29) is 24.1 Å². The highest BCUT2D eigenvalue weighted by Gasteiger charge is 2.12. The van der Waals surface area contributed by atoms with E-state index in [0.29, 0.717) is 21.8 Å². The summed E-state index contributed by atoms with van der Waals surface area (Å²) in [5, 5.41) is 10.9. The first-order valence-corrected chi connectivity index (χ1v) is 8.96. The summed E-state index contributed by atoms with van der Waals surface area (Å²) in [5.41, 5.74) is 0.791. The molecule has 7 nitrogen and oxygen atoms in total. The molecule has 0 fully saturated rings. The third-order valence-electron chi connectivity index (χ3n) is 2.82. The Morgan fingerprint density at radius 2 is 2.08 bits per heavy atom. The van der Waals surface area contributed by atoms with E-state index in [9.17, 15) is 9.59 Å². The van der Waals surface area contributed by atoms with E-state index in [1.54, 1.807) is 20.1 Å². The smallest absolute Gasteiger partial charge is 0.316 e. The van der Waals surface area contributed by atoms with Crippen LogP contribution in [0.15, 0.2) is 28.6 Å². The van der Waals surface area contributed by atoms with Gasteiger partial charge in [-0.2, -0.15) is 0 Å². The van der Waals surface area contributed by atoms with E-state index < -0.39 is 0 Å². The predicted molar refractivity (Wildman–Crippen MR) is 92.6 cm³/mol. The maximum Gasteiger partial charge on any atom is 0.316 e. The average Bonchev–Trinajstić information content (AvgIpc) is 3.01. The lowest BCUT2D eigenvalue weighted by Gasteiger charge is -2.07. The molecule has 0 bridgehead atoms. The molecule has 2 aromatic rings. The molecule has 1 aromatic carbocycles. The van der Waals surface area contributed by atoms with Gasteiger partial charge in [-0.3, -0.25) is 9.59 Å². The van der Waals surface area contributed by atoms with Gasteiger partial charge in [0.1, 0.15) is 5.75 Å². The van der Waals surface area contributed by atoms with Crippen molar-refractivity contribution in [3.05, 3.63) is 29.8 Å². The molecule has 0 aliphatic rings. The summed E-state index contributed by atoms with van der Waals surface area (Å²) < 4.78 is 10.7. The Bertz CT molecular complexity index is 706. The number of hydrogen-bond acceptors (Lipinski definition) is 8. The second-order valence-corrected chi connectivity index (χ2v) is 6.70. The number of ether oxygens (including phenoxy) is 2. The van der Waals surface area contributed by atoms with Gasteiger partial charge in [0.15, 0.2) is 4.34 Å². The van der Waals surface area contributed by atoms with Crippen LogP contribution in [0.3, 0.4) is 0 Å². The highest BCUT2D eigenvalue weighted by Crippen LogP contribution is 2.26. The number of anilines is 1. The molecule has 0 aliphatic heterocycles. The summed E-state index contributed by atoms with van der Waals surface area (Å²) in [5.74, 6) is 0.310. The molecule has 0 unspecified atom stereocenters. The first-order chi connectivity index (χ1) is 11.6. The Hall–Kier alpha value is -2.13. The topological polar surface area (TPSA) is 90.4 Å². The summed E-state index contributed by atoms with van der Waals surface area (Å²) in [7, 11) is 1.56. The van der Waals surface area contributed by atoms with Gasteiger partial charge in [0.2, 0.25) is 11.0 Å². The van der Waals surface area contributed by atoms with Crippen LogP contribution in [0.2, 0.25) is 0 Å². The third kappa shape index (κ3) is 5.50. The van der Waals surface area contributed by atoms with Gasteiger partial charge >= 0.3 is 5.97 Å². The minimum atomic E-state index is -0.306. The number of aromatic nitrogens is 2. The maximum atomic E-state index is 12.1. The Morgan fingerprint density at radius 1 is 1.29 bits per heavy atom. The van der Waals surface area contributed by atoms with Gasteiger partial charge in [-0.1, -0.05) is 41.3 Å². The summed E-state index contributed by atoms with van der Waals surface area (Å²) >= 11 is 2.44. The van der Waals surface area contributed by atoms with Crippen LogP contribution >= 0.6 is 23.1 Å². The Kier molecular flexibility index (Phi) is 7.01. The van der Waals surface area contributed by atoms with Gasteiger partial charge in [-0.05, 0) is 13.0 Å². The number of esters is 1. The summed E-state index contributed by atoms with van der Waals surface area (Å²) in [6, 6.07) is 7.33. The van der Waals surface area contributed by atoms with Gasteiger partial charge in [0, 0.05) is 5.56 Å². The zero-order valence-electron chi connectivity index (χ0n) is 13.3. The van der Waals surface area contributed by atoms with Crippen LogP contribution in [0, 0.1) is 0 Å². The first kappa shape index (κ1) is 18.2. The van der Waals surface area contributed by atoms with Crippen LogP contribution in [-0.2, 0) is 20.7 Å². The largest absolute Gasteiger partial charge is 0.496 e. The van der Waals surface area contributed by atoms with Crippen molar-refractivity contribution in [1.82, 2.24) is 10.2 Å². The van der Waals surface area contributed by atoms with Crippen molar-refractivity contribution in [2.75, 3.05) is 24.8 Å². The number of nitrogens with zero attached hydrogens (tertiary/aromatic N) is 2. The number of rotatable bonds is 8. The van der Waals surface area contributed by atoms with E-state index >= 15 is 0 Å². The Balaban J connectivity index is 1.87. The van der Waals surface area contributed by atoms with Crippen molar-refractivity contribution in [2.45, 2.75) is 17.7 Å². The molecule has 1 amide bonds. The number of nitrogens with one attached hydrogen (secondary N) is 1. The van der Waals surface area contributed by atoms with Crippen molar-refractivity contribution >= 4 is 40.1 Å². The SMILES string of the molecule is CCOC(=O)CSc1nnc(NC(=O)Cc2ccccc2OC)s1. The molecule has 0 spiro atoms.